The molecule has 0 aliphatic rings. The van der Waals surface area contributed by atoms with Crippen molar-refractivity contribution in [1.82, 2.24) is 5.32 Å². The Labute approximate surface area is 144 Å². The number of aliphatic carboxylic acids is 1. The second kappa shape index (κ2) is 11.7. The molecule has 0 bridgehead atoms. The molecule has 0 aliphatic heterocycles. The lowest BCUT2D eigenvalue weighted by Gasteiger charge is -2.24. The minimum absolute atomic E-state index is 0.176. The summed E-state index contributed by atoms with van der Waals surface area (Å²) in [7, 11) is 0. The van der Waals surface area contributed by atoms with Crippen LogP contribution >= 0.6 is 0 Å². The van der Waals surface area contributed by atoms with Crippen LogP contribution in [0.5, 0.6) is 0 Å². The van der Waals surface area contributed by atoms with E-state index in [4.69, 9.17) is 14.6 Å². The molecule has 0 heterocycles. The Hall–Kier alpha value is -1.79. The topological polar surface area (TPSA) is 102 Å². The van der Waals surface area contributed by atoms with Crippen LogP contribution in [0, 0.1) is 11.8 Å². The van der Waals surface area contributed by atoms with Gasteiger partial charge in [-0.05, 0) is 12.3 Å². The monoisotopic (exact) mass is 345 g/mol. The molecule has 0 aromatic rings. The second-order valence-corrected chi connectivity index (χ2v) is 6.43. The maximum absolute atomic E-state index is 12.0. The van der Waals surface area contributed by atoms with Crippen LogP contribution in [-0.2, 0) is 19.1 Å². The van der Waals surface area contributed by atoms with E-state index in [1.54, 1.807) is 20.8 Å². The maximum atomic E-state index is 12.0. The first kappa shape index (κ1) is 22.2. The van der Waals surface area contributed by atoms with Gasteiger partial charge < -0.3 is 19.9 Å². The summed E-state index contributed by atoms with van der Waals surface area (Å²) in [5, 5.41) is 11.6. The Morgan fingerprint density at radius 2 is 1.71 bits per heavy atom. The van der Waals surface area contributed by atoms with Crippen molar-refractivity contribution in [3.8, 4) is 0 Å². The predicted molar refractivity (Wildman–Crippen MR) is 89.4 cm³/mol. The molecule has 7 heteroatoms. The van der Waals surface area contributed by atoms with Crippen molar-refractivity contribution in [3.63, 3.8) is 0 Å². The molecule has 0 rings (SSSR count). The molecular weight excluding hydrogens is 314 g/mol. The lowest BCUT2D eigenvalue weighted by Crippen LogP contribution is -2.41. The minimum Gasteiger partial charge on any atom is -0.481 e. The number of alkyl carbamates (subject to hydrolysis) is 1. The van der Waals surface area contributed by atoms with Crippen LogP contribution in [-0.4, -0.2) is 35.5 Å². The van der Waals surface area contributed by atoms with E-state index in [-0.39, 0.29) is 18.8 Å². The summed E-state index contributed by atoms with van der Waals surface area (Å²) in [6.45, 7) is 9.25. The number of amides is 1. The van der Waals surface area contributed by atoms with Crippen LogP contribution < -0.4 is 5.32 Å². The van der Waals surface area contributed by atoms with E-state index in [1.165, 1.54) is 0 Å². The molecule has 0 aromatic carbocycles. The molecule has 140 valence electrons. The van der Waals surface area contributed by atoms with Crippen LogP contribution in [0.25, 0.3) is 0 Å². The Bertz CT molecular complexity index is 410. The molecule has 0 spiro atoms. The SMILES string of the molecule is CCC[C@@H](C)C[C@@H](CC(=O)O)NC(=O)O[C@@H](OC(=O)CC)C(C)C. The zero-order valence-electron chi connectivity index (χ0n) is 15.3. The third-order valence-electron chi connectivity index (χ3n) is 3.52. The Balaban J connectivity index is 4.71. The molecular formula is C17H31NO6. The Morgan fingerprint density at radius 3 is 2.17 bits per heavy atom. The van der Waals surface area contributed by atoms with E-state index in [1.807, 2.05) is 6.92 Å². The van der Waals surface area contributed by atoms with Crippen molar-refractivity contribution >= 4 is 18.0 Å². The van der Waals surface area contributed by atoms with Crippen molar-refractivity contribution in [2.24, 2.45) is 11.8 Å². The largest absolute Gasteiger partial charge is 0.481 e. The van der Waals surface area contributed by atoms with E-state index < -0.39 is 30.4 Å². The fourth-order valence-corrected chi connectivity index (χ4v) is 2.32. The average molecular weight is 345 g/mol. The molecule has 1 amide bonds. The first-order valence-electron chi connectivity index (χ1n) is 8.57. The Kier molecular flexibility index (Phi) is 10.8. The van der Waals surface area contributed by atoms with Crippen LogP contribution in [0.1, 0.15) is 66.7 Å². The lowest BCUT2D eigenvalue weighted by atomic mass is 9.95. The lowest BCUT2D eigenvalue weighted by molar-refractivity contribution is -0.174. The summed E-state index contributed by atoms with van der Waals surface area (Å²) in [6, 6.07) is -0.522. The first-order valence-corrected chi connectivity index (χ1v) is 8.57. The number of hydrogen-bond acceptors (Lipinski definition) is 5. The van der Waals surface area contributed by atoms with Crippen LogP contribution in [0.4, 0.5) is 4.79 Å². The van der Waals surface area contributed by atoms with Gasteiger partial charge in [0.05, 0.1) is 6.42 Å². The third kappa shape index (κ3) is 10.1. The standard InChI is InChI=1S/C17H31NO6/c1-6-8-12(5)9-13(10-14(19)20)18-17(22)24-16(11(3)4)23-15(21)7-2/h11-13,16H,6-10H2,1-5H3,(H,18,22)(H,19,20)/t12-,13+,16-/m1/s1. The van der Waals surface area contributed by atoms with Gasteiger partial charge in [0.2, 0.25) is 0 Å². The fourth-order valence-electron chi connectivity index (χ4n) is 2.32. The summed E-state index contributed by atoms with van der Waals surface area (Å²) in [6.07, 6.45) is 0.748. The number of hydrogen-bond donors (Lipinski definition) is 2. The van der Waals surface area contributed by atoms with Gasteiger partial charge in [0.15, 0.2) is 0 Å². The van der Waals surface area contributed by atoms with Gasteiger partial charge in [-0.3, -0.25) is 9.59 Å². The second-order valence-electron chi connectivity index (χ2n) is 6.43. The molecule has 0 aromatic heterocycles. The smallest absolute Gasteiger partial charge is 0.410 e. The molecule has 0 saturated carbocycles. The number of rotatable bonds is 11. The van der Waals surface area contributed by atoms with Gasteiger partial charge in [0.25, 0.3) is 6.29 Å². The van der Waals surface area contributed by atoms with Crippen molar-refractivity contribution in [1.29, 1.82) is 0 Å². The van der Waals surface area contributed by atoms with Gasteiger partial charge in [-0.15, -0.1) is 0 Å². The van der Waals surface area contributed by atoms with E-state index >= 15 is 0 Å². The summed E-state index contributed by atoms with van der Waals surface area (Å²) < 4.78 is 10.2. The number of esters is 1. The van der Waals surface area contributed by atoms with Crippen LogP contribution in [0.3, 0.4) is 0 Å². The van der Waals surface area contributed by atoms with E-state index in [0.717, 1.165) is 12.8 Å². The maximum Gasteiger partial charge on any atom is 0.410 e. The zero-order chi connectivity index (χ0) is 18.7. The molecule has 0 radical (unpaired) electrons. The number of ether oxygens (including phenoxy) is 2. The molecule has 0 fully saturated rings. The molecule has 0 aliphatic carbocycles. The van der Waals surface area contributed by atoms with Gasteiger partial charge in [0.1, 0.15) is 0 Å². The summed E-state index contributed by atoms with van der Waals surface area (Å²) in [5.41, 5.74) is 0. The fraction of sp³-hybridized carbons (Fsp3) is 0.824. The van der Waals surface area contributed by atoms with Crippen molar-refractivity contribution in [2.45, 2.75) is 79.1 Å². The number of nitrogens with one attached hydrogen (secondary N) is 1. The number of carbonyl (C=O) groups is 3. The molecule has 7 nitrogen and oxygen atoms in total. The minimum atomic E-state index is -0.990. The van der Waals surface area contributed by atoms with E-state index in [0.29, 0.717) is 12.3 Å². The molecule has 24 heavy (non-hydrogen) atoms. The molecule has 3 atom stereocenters. The Morgan fingerprint density at radius 1 is 1.08 bits per heavy atom. The quantitative estimate of drug-likeness (QED) is 0.440. The number of carboxylic acids is 1. The van der Waals surface area contributed by atoms with Crippen molar-refractivity contribution in [2.75, 3.05) is 0 Å². The normalized spacial score (nSPS) is 14.6. The number of carbonyl (C=O) groups excluding carboxylic acids is 2. The third-order valence-corrected chi connectivity index (χ3v) is 3.52. The average Bonchev–Trinajstić information content (AvgIpc) is 2.45. The van der Waals surface area contributed by atoms with E-state index in [9.17, 15) is 14.4 Å². The van der Waals surface area contributed by atoms with Gasteiger partial charge >= 0.3 is 18.0 Å². The van der Waals surface area contributed by atoms with Crippen LogP contribution in [0.2, 0.25) is 0 Å². The van der Waals surface area contributed by atoms with Crippen molar-refractivity contribution < 1.29 is 29.0 Å². The van der Waals surface area contributed by atoms with Gasteiger partial charge in [-0.25, -0.2) is 4.79 Å². The highest BCUT2D eigenvalue weighted by Gasteiger charge is 2.25. The highest BCUT2D eigenvalue weighted by molar-refractivity contribution is 5.72. The van der Waals surface area contributed by atoms with Gasteiger partial charge in [0, 0.05) is 18.4 Å². The summed E-state index contributed by atoms with van der Waals surface area (Å²) in [5.74, 6) is -1.36. The zero-order valence-corrected chi connectivity index (χ0v) is 15.3. The summed E-state index contributed by atoms with van der Waals surface area (Å²) in [4.78, 5) is 34.4. The predicted octanol–water partition coefficient (Wildman–Crippen LogP) is 3.32. The van der Waals surface area contributed by atoms with Crippen molar-refractivity contribution in [3.05, 3.63) is 0 Å². The molecule has 0 unspecified atom stereocenters. The number of carboxylic acid groups (broad SMARTS) is 1. The first-order chi connectivity index (χ1) is 11.2. The molecule has 0 saturated heterocycles. The van der Waals surface area contributed by atoms with E-state index in [2.05, 4.69) is 12.2 Å². The molecule has 2 N–H and O–H groups in total. The van der Waals surface area contributed by atoms with Gasteiger partial charge in [-0.1, -0.05) is 47.5 Å². The van der Waals surface area contributed by atoms with Crippen LogP contribution in [0.15, 0.2) is 0 Å². The highest BCUT2D eigenvalue weighted by atomic mass is 16.7. The highest BCUT2D eigenvalue weighted by Crippen LogP contribution is 2.16. The van der Waals surface area contributed by atoms with Gasteiger partial charge in [-0.2, -0.15) is 0 Å². The summed E-state index contributed by atoms with van der Waals surface area (Å²) >= 11 is 0.